The van der Waals surface area contributed by atoms with Crippen LogP contribution in [0.25, 0.3) is 10.1 Å². The predicted octanol–water partition coefficient (Wildman–Crippen LogP) is 7.24. The maximum atomic E-state index is 12.8. The van der Waals surface area contributed by atoms with Crippen LogP contribution in [0.4, 0.5) is 11.4 Å². The summed E-state index contributed by atoms with van der Waals surface area (Å²) in [5.41, 5.74) is 3.06. The Labute approximate surface area is 230 Å². The first-order valence-electron chi connectivity index (χ1n) is 11.5. The smallest absolute Gasteiger partial charge is 0.269 e. The predicted molar refractivity (Wildman–Crippen MR) is 157 cm³/mol. The van der Waals surface area contributed by atoms with Gasteiger partial charge in [0, 0.05) is 27.0 Å². The maximum Gasteiger partial charge on any atom is 0.269 e. The second-order valence-electron chi connectivity index (χ2n) is 9.37. The molecule has 0 spiro atoms. The molecule has 0 aliphatic heterocycles. The van der Waals surface area contributed by atoms with Crippen LogP contribution in [0.1, 0.15) is 46.4 Å². The Morgan fingerprint density at radius 1 is 0.892 bits per heavy atom. The third kappa shape index (κ3) is 6.28. The summed E-state index contributed by atoms with van der Waals surface area (Å²) >= 11 is 13.0. The number of amides is 2. The van der Waals surface area contributed by atoms with Gasteiger partial charge in [-0.15, -0.1) is 11.3 Å². The monoisotopic (exact) mass is 551 g/mol. The van der Waals surface area contributed by atoms with Gasteiger partial charge in [-0.1, -0.05) is 44.5 Å². The Kier molecular flexibility index (Phi) is 7.82. The summed E-state index contributed by atoms with van der Waals surface area (Å²) in [5.74, 6) is 0.0958. The van der Waals surface area contributed by atoms with Gasteiger partial charge in [-0.25, -0.2) is 0 Å². The lowest BCUT2D eigenvalue weighted by Crippen LogP contribution is -2.33. The molecule has 0 unspecified atom stereocenters. The van der Waals surface area contributed by atoms with Crippen LogP contribution in [0.3, 0.4) is 0 Å². The number of carbonyl (C=O) groups is 2. The van der Waals surface area contributed by atoms with Crippen molar-refractivity contribution in [2.75, 3.05) is 17.7 Å². The number of rotatable bonds is 5. The highest BCUT2D eigenvalue weighted by molar-refractivity contribution is 7.80. The van der Waals surface area contributed by atoms with Gasteiger partial charge in [-0.3, -0.25) is 14.9 Å². The van der Waals surface area contributed by atoms with E-state index in [0.29, 0.717) is 32.6 Å². The molecule has 0 saturated carbocycles. The number of ether oxygens (including phenoxy) is 1. The molecule has 0 atom stereocenters. The van der Waals surface area contributed by atoms with E-state index in [0.717, 1.165) is 15.6 Å². The third-order valence-corrected chi connectivity index (χ3v) is 7.54. The molecule has 0 bridgehead atoms. The summed E-state index contributed by atoms with van der Waals surface area (Å²) in [7, 11) is 1.58. The Morgan fingerprint density at radius 3 is 2.11 bits per heavy atom. The molecule has 37 heavy (non-hydrogen) atoms. The second kappa shape index (κ2) is 10.9. The molecule has 0 aliphatic rings. The molecule has 3 aromatic carbocycles. The van der Waals surface area contributed by atoms with Crippen molar-refractivity contribution in [1.82, 2.24) is 5.32 Å². The number of methoxy groups -OCH3 is 1. The Bertz CT molecular complexity index is 1470. The normalized spacial score (nSPS) is 11.2. The lowest BCUT2D eigenvalue weighted by molar-refractivity contribution is 0.0980. The van der Waals surface area contributed by atoms with Crippen LogP contribution in [0.15, 0.2) is 66.7 Å². The van der Waals surface area contributed by atoms with Crippen molar-refractivity contribution >= 4 is 73.5 Å². The zero-order valence-corrected chi connectivity index (χ0v) is 23.2. The zero-order valence-electron chi connectivity index (χ0n) is 20.8. The molecule has 0 aliphatic carbocycles. The van der Waals surface area contributed by atoms with E-state index in [9.17, 15) is 9.59 Å². The quantitative estimate of drug-likeness (QED) is 0.228. The van der Waals surface area contributed by atoms with Crippen LogP contribution in [-0.4, -0.2) is 24.0 Å². The van der Waals surface area contributed by atoms with Crippen molar-refractivity contribution in [2.24, 2.45) is 0 Å². The molecule has 0 radical (unpaired) electrons. The third-order valence-electron chi connectivity index (χ3n) is 5.68. The number of fused-ring (bicyclic) bond motifs is 1. The molecule has 4 rings (SSSR count). The first-order chi connectivity index (χ1) is 17.5. The molecule has 0 saturated heterocycles. The van der Waals surface area contributed by atoms with Crippen molar-refractivity contribution in [2.45, 2.75) is 26.2 Å². The van der Waals surface area contributed by atoms with Gasteiger partial charge in [0.05, 0.1) is 12.1 Å². The van der Waals surface area contributed by atoms with E-state index in [-0.39, 0.29) is 16.4 Å². The Morgan fingerprint density at radius 2 is 1.51 bits per heavy atom. The number of hydrogen-bond acceptors (Lipinski definition) is 5. The fourth-order valence-electron chi connectivity index (χ4n) is 3.60. The van der Waals surface area contributed by atoms with Gasteiger partial charge >= 0.3 is 0 Å². The van der Waals surface area contributed by atoms with Gasteiger partial charge in [-0.2, -0.15) is 0 Å². The molecule has 1 heterocycles. The lowest BCUT2D eigenvalue weighted by atomic mass is 9.87. The molecule has 0 fully saturated rings. The standard InChI is InChI=1S/C28H26ClN3O3S2/c1-28(2,3)17-7-5-16(6-8-17)25(33)30-18-9-11-19(12-10-18)31-27(36)32-26(34)24-23(29)21-14-13-20(35-4)15-22(21)37-24/h5-15H,1-4H3,(H,30,33)(H2,31,32,34,36). The van der Waals surface area contributed by atoms with E-state index in [4.69, 9.17) is 28.6 Å². The van der Waals surface area contributed by atoms with E-state index >= 15 is 0 Å². The van der Waals surface area contributed by atoms with Crippen LogP contribution < -0.4 is 20.7 Å². The minimum atomic E-state index is -0.399. The Hall–Kier alpha value is -3.46. The number of thiocarbonyl (C=S) groups is 1. The van der Waals surface area contributed by atoms with Crippen LogP contribution in [0.2, 0.25) is 5.02 Å². The van der Waals surface area contributed by atoms with Crippen molar-refractivity contribution in [3.63, 3.8) is 0 Å². The van der Waals surface area contributed by atoms with E-state index < -0.39 is 5.91 Å². The molecule has 190 valence electrons. The Balaban J connectivity index is 1.35. The van der Waals surface area contributed by atoms with Crippen LogP contribution in [0, 0.1) is 0 Å². The highest BCUT2D eigenvalue weighted by Gasteiger charge is 2.19. The van der Waals surface area contributed by atoms with E-state index in [1.807, 2.05) is 36.4 Å². The van der Waals surface area contributed by atoms with Gasteiger partial charge < -0.3 is 15.4 Å². The van der Waals surface area contributed by atoms with Crippen molar-refractivity contribution < 1.29 is 14.3 Å². The largest absolute Gasteiger partial charge is 0.497 e. The number of nitrogens with one attached hydrogen (secondary N) is 3. The number of benzene rings is 3. The van der Waals surface area contributed by atoms with Crippen molar-refractivity contribution in [1.29, 1.82) is 0 Å². The second-order valence-corrected chi connectivity index (χ2v) is 11.2. The molecule has 4 aromatic rings. The van der Waals surface area contributed by atoms with Crippen molar-refractivity contribution in [3.8, 4) is 5.75 Å². The van der Waals surface area contributed by atoms with Crippen LogP contribution >= 0.6 is 35.2 Å². The van der Waals surface area contributed by atoms with Gasteiger partial charge in [-0.05, 0) is 77.8 Å². The highest BCUT2D eigenvalue weighted by Crippen LogP contribution is 2.37. The molecule has 1 aromatic heterocycles. The van der Waals surface area contributed by atoms with Crippen LogP contribution in [-0.2, 0) is 5.41 Å². The average molecular weight is 552 g/mol. The molecule has 9 heteroatoms. The van der Waals surface area contributed by atoms with E-state index in [1.54, 1.807) is 37.4 Å². The number of halogens is 1. The van der Waals surface area contributed by atoms with Gasteiger partial charge in [0.15, 0.2) is 5.11 Å². The summed E-state index contributed by atoms with van der Waals surface area (Å²) in [6.45, 7) is 6.39. The molecule has 3 N–H and O–H groups in total. The summed E-state index contributed by atoms with van der Waals surface area (Å²) in [4.78, 5) is 25.8. The molecular weight excluding hydrogens is 526 g/mol. The highest BCUT2D eigenvalue weighted by atomic mass is 35.5. The summed E-state index contributed by atoms with van der Waals surface area (Å²) in [5, 5.41) is 9.81. The minimum absolute atomic E-state index is 0.0240. The fraction of sp³-hybridized carbons (Fsp3) is 0.179. The molecule has 6 nitrogen and oxygen atoms in total. The average Bonchev–Trinajstić information content (AvgIpc) is 3.20. The summed E-state index contributed by atoms with van der Waals surface area (Å²) < 4.78 is 6.08. The van der Waals surface area contributed by atoms with Gasteiger partial charge in [0.2, 0.25) is 0 Å². The van der Waals surface area contributed by atoms with Gasteiger partial charge in [0.25, 0.3) is 11.8 Å². The van der Waals surface area contributed by atoms with Crippen molar-refractivity contribution in [3.05, 3.63) is 87.8 Å². The first-order valence-corrected chi connectivity index (χ1v) is 13.1. The fourth-order valence-corrected chi connectivity index (χ4v) is 5.25. The lowest BCUT2D eigenvalue weighted by Gasteiger charge is -2.19. The minimum Gasteiger partial charge on any atom is -0.497 e. The number of carbonyl (C=O) groups excluding carboxylic acids is 2. The topological polar surface area (TPSA) is 79.5 Å². The van der Waals surface area contributed by atoms with Crippen LogP contribution in [0.5, 0.6) is 5.75 Å². The number of hydrogen-bond donors (Lipinski definition) is 3. The van der Waals surface area contributed by atoms with E-state index in [1.165, 1.54) is 11.3 Å². The first kappa shape index (κ1) is 26.6. The maximum absolute atomic E-state index is 12.8. The van der Waals surface area contributed by atoms with E-state index in [2.05, 4.69) is 36.7 Å². The summed E-state index contributed by atoms with van der Waals surface area (Å²) in [6.07, 6.45) is 0. The molecular formula is C28H26ClN3O3S2. The molecule has 2 amide bonds. The number of anilines is 2. The van der Waals surface area contributed by atoms with Gasteiger partial charge in [0.1, 0.15) is 10.6 Å². The SMILES string of the molecule is COc1ccc2c(Cl)c(C(=O)NC(=S)Nc3ccc(NC(=O)c4ccc(C(C)(C)C)cc4)cc3)sc2c1. The zero-order chi connectivity index (χ0) is 26.7. The summed E-state index contributed by atoms with van der Waals surface area (Å²) in [6, 6.07) is 20.1. The number of thiophene rings is 1.